The summed E-state index contributed by atoms with van der Waals surface area (Å²) in [5.74, 6) is -16.8. The number of urea groups is 1. The molecule has 2 aromatic rings. The molecule has 170 valence electrons. The van der Waals surface area contributed by atoms with Gasteiger partial charge in [-0.2, -0.15) is 22.0 Å². The van der Waals surface area contributed by atoms with Crippen molar-refractivity contribution in [2.75, 3.05) is 11.4 Å². The molecular formula is C18H8F8N2O4. The van der Waals surface area contributed by atoms with Gasteiger partial charge in [-0.25, -0.2) is 22.8 Å². The summed E-state index contributed by atoms with van der Waals surface area (Å²) < 4.78 is 111. The summed E-state index contributed by atoms with van der Waals surface area (Å²) in [6, 6.07) is 0.0751. The molecule has 0 spiro atoms. The van der Waals surface area contributed by atoms with Crippen molar-refractivity contribution in [2.45, 2.75) is 12.6 Å². The molecule has 0 bridgehead atoms. The molecule has 32 heavy (non-hydrogen) atoms. The lowest BCUT2D eigenvalue weighted by molar-refractivity contribution is -0.137. The average molecular weight is 468 g/mol. The number of nitrogens with one attached hydrogen (secondary N) is 1. The van der Waals surface area contributed by atoms with Crippen molar-refractivity contribution in [1.82, 2.24) is 5.32 Å². The highest BCUT2D eigenvalue weighted by Gasteiger charge is 2.38. The van der Waals surface area contributed by atoms with Gasteiger partial charge in [-0.1, -0.05) is 0 Å². The third-order valence-electron chi connectivity index (χ3n) is 4.25. The minimum absolute atomic E-state index is 0.341. The Balaban J connectivity index is 2.04. The van der Waals surface area contributed by atoms with Crippen LogP contribution in [-0.2, 0) is 11.0 Å². The molecular weight excluding hydrogens is 460 g/mol. The maximum absolute atomic E-state index is 13.7. The summed E-state index contributed by atoms with van der Waals surface area (Å²) in [6.45, 7) is -0.496. The SMILES string of the molecule is O=C1CCN(c2cc(C(=O)Oc3c(F)c(F)c(F)c(F)c3F)ccc2C(F)(F)F)C(=O)N1. The fourth-order valence-electron chi connectivity index (χ4n) is 2.74. The maximum atomic E-state index is 13.7. The molecule has 14 heteroatoms. The Kier molecular flexibility index (Phi) is 5.80. The predicted octanol–water partition coefficient (Wildman–Crippen LogP) is 4.07. The van der Waals surface area contributed by atoms with Gasteiger partial charge in [0.15, 0.2) is 0 Å². The van der Waals surface area contributed by atoms with Crippen LogP contribution in [0.3, 0.4) is 0 Å². The number of ether oxygens (including phenoxy) is 1. The van der Waals surface area contributed by atoms with Gasteiger partial charge in [0.1, 0.15) is 0 Å². The van der Waals surface area contributed by atoms with Crippen LogP contribution in [0.4, 0.5) is 45.6 Å². The molecule has 3 amide bonds. The van der Waals surface area contributed by atoms with Crippen molar-refractivity contribution < 1.29 is 54.2 Å². The van der Waals surface area contributed by atoms with E-state index in [0.717, 1.165) is 0 Å². The van der Waals surface area contributed by atoms with Crippen LogP contribution < -0.4 is 15.0 Å². The van der Waals surface area contributed by atoms with Crippen LogP contribution >= 0.6 is 0 Å². The van der Waals surface area contributed by atoms with Crippen molar-refractivity contribution in [3.05, 3.63) is 58.4 Å². The van der Waals surface area contributed by atoms with Crippen LogP contribution in [0.15, 0.2) is 18.2 Å². The summed E-state index contributed by atoms with van der Waals surface area (Å²) in [7, 11) is 0. The lowest BCUT2D eigenvalue weighted by atomic mass is 10.1. The molecule has 1 fully saturated rings. The third-order valence-corrected chi connectivity index (χ3v) is 4.25. The second kappa shape index (κ2) is 8.09. The second-order valence-corrected chi connectivity index (χ2v) is 6.27. The number of benzene rings is 2. The minimum atomic E-state index is -5.03. The number of alkyl halides is 3. The van der Waals surface area contributed by atoms with Gasteiger partial charge in [0, 0.05) is 13.0 Å². The van der Waals surface area contributed by atoms with Crippen LogP contribution in [0.2, 0.25) is 0 Å². The zero-order chi connectivity index (χ0) is 24.0. The molecule has 0 atom stereocenters. The first-order valence-electron chi connectivity index (χ1n) is 8.39. The Hall–Kier alpha value is -3.71. The average Bonchev–Trinajstić information content (AvgIpc) is 2.72. The molecule has 2 aromatic carbocycles. The monoisotopic (exact) mass is 468 g/mol. The van der Waals surface area contributed by atoms with Crippen LogP contribution in [0.5, 0.6) is 5.75 Å². The molecule has 3 rings (SSSR count). The zero-order valence-electron chi connectivity index (χ0n) is 15.3. The van der Waals surface area contributed by atoms with E-state index in [2.05, 4.69) is 4.74 Å². The van der Waals surface area contributed by atoms with E-state index in [0.29, 0.717) is 23.1 Å². The second-order valence-electron chi connectivity index (χ2n) is 6.27. The van der Waals surface area contributed by atoms with Crippen molar-refractivity contribution >= 4 is 23.6 Å². The molecule has 6 nitrogen and oxygen atoms in total. The largest absolute Gasteiger partial charge is 0.418 e. The Labute approximate surface area is 172 Å². The van der Waals surface area contributed by atoms with Crippen molar-refractivity contribution in [1.29, 1.82) is 0 Å². The number of hydrogen-bond acceptors (Lipinski definition) is 4. The quantitative estimate of drug-likeness (QED) is 0.242. The fraction of sp³-hybridized carbons (Fsp3) is 0.167. The van der Waals surface area contributed by atoms with E-state index < -0.39 is 82.3 Å². The molecule has 1 aliphatic rings. The van der Waals surface area contributed by atoms with E-state index in [1.165, 1.54) is 0 Å². The molecule has 0 unspecified atom stereocenters. The molecule has 1 N–H and O–H groups in total. The number of hydrogen-bond donors (Lipinski definition) is 1. The highest BCUT2D eigenvalue weighted by molar-refractivity contribution is 6.06. The third kappa shape index (κ3) is 4.07. The van der Waals surface area contributed by atoms with Gasteiger partial charge >= 0.3 is 18.2 Å². The lowest BCUT2D eigenvalue weighted by Crippen LogP contribution is -2.50. The minimum Gasteiger partial charge on any atom is -0.416 e. The van der Waals surface area contributed by atoms with E-state index >= 15 is 0 Å². The number of carbonyl (C=O) groups excluding carboxylic acids is 3. The van der Waals surface area contributed by atoms with Gasteiger partial charge in [0.25, 0.3) is 0 Å². The summed E-state index contributed by atoms with van der Waals surface area (Å²) in [4.78, 5) is 35.9. The molecule has 1 aliphatic heterocycles. The molecule has 0 radical (unpaired) electrons. The standard InChI is InChI=1S/C18H8F8N2O4/c19-10-11(20)13(22)15(14(23)12(10)21)32-16(30)6-1-2-7(18(24,25)26)8(5-6)28-4-3-9(29)27-17(28)31/h1-2,5H,3-4H2,(H,27,29,31). The normalized spacial score (nSPS) is 14.4. The highest BCUT2D eigenvalue weighted by atomic mass is 19.4. The van der Waals surface area contributed by atoms with E-state index in [1.807, 2.05) is 0 Å². The Morgan fingerprint density at radius 1 is 0.938 bits per heavy atom. The number of halogens is 8. The molecule has 0 aliphatic carbocycles. The van der Waals surface area contributed by atoms with Gasteiger partial charge < -0.3 is 4.74 Å². The van der Waals surface area contributed by atoms with Crippen molar-refractivity contribution in [2.24, 2.45) is 0 Å². The lowest BCUT2D eigenvalue weighted by Gasteiger charge is -2.29. The van der Waals surface area contributed by atoms with Gasteiger partial charge in [-0.3, -0.25) is 15.0 Å². The Bertz CT molecular complexity index is 1120. The number of imide groups is 1. The van der Waals surface area contributed by atoms with Crippen molar-refractivity contribution in [3.8, 4) is 5.75 Å². The van der Waals surface area contributed by atoms with Gasteiger partial charge in [0.05, 0.1) is 16.8 Å². The number of carbonyl (C=O) groups is 3. The maximum Gasteiger partial charge on any atom is 0.418 e. The molecule has 0 aromatic heterocycles. The number of nitrogens with zero attached hydrogens (tertiary/aromatic N) is 1. The van der Waals surface area contributed by atoms with E-state index in [4.69, 9.17) is 0 Å². The smallest absolute Gasteiger partial charge is 0.416 e. The zero-order valence-corrected chi connectivity index (χ0v) is 15.3. The number of anilines is 1. The molecule has 1 saturated heterocycles. The first kappa shape index (κ1) is 23.0. The number of esters is 1. The Morgan fingerprint density at radius 3 is 2.03 bits per heavy atom. The predicted molar refractivity (Wildman–Crippen MR) is 88.1 cm³/mol. The van der Waals surface area contributed by atoms with E-state index in [9.17, 15) is 49.5 Å². The topological polar surface area (TPSA) is 75.7 Å². The fourth-order valence-corrected chi connectivity index (χ4v) is 2.74. The van der Waals surface area contributed by atoms with Crippen molar-refractivity contribution in [3.63, 3.8) is 0 Å². The highest BCUT2D eigenvalue weighted by Crippen LogP contribution is 2.38. The molecule has 0 saturated carbocycles. The number of amides is 3. The van der Waals surface area contributed by atoms with Gasteiger partial charge in [0.2, 0.25) is 40.7 Å². The number of rotatable bonds is 3. The van der Waals surface area contributed by atoms with Crippen LogP contribution in [0, 0.1) is 29.1 Å². The summed E-state index contributed by atoms with van der Waals surface area (Å²) in [5, 5.41) is 1.77. The van der Waals surface area contributed by atoms with Gasteiger partial charge in [-0.15, -0.1) is 0 Å². The summed E-state index contributed by atoms with van der Waals surface area (Å²) in [6.07, 6.45) is -5.40. The summed E-state index contributed by atoms with van der Waals surface area (Å²) in [5.41, 5.74) is -3.13. The summed E-state index contributed by atoms with van der Waals surface area (Å²) >= 11 is 0. The van der Waals surface area contributed by atoms with Crippen LogP contribution in [0.1, 0.15) is 22.3 Å². The van der Waals surface area contributed by atoms with Crippen LogP contribution in [0.25, 0.3) is 0 Å². The Morgan fingerprint density at radius 2 is 1.50 bits per heavy atom. The van der Waals surface area contributed by atoms with E-state index in [-0.39, 0.29) is 6.42 Å². The first-order chi connectivity index (χ1) is 14.8. The van der Waals surface area contributed by atoms with E-state index in [1.54, 1.807) is 5.32 Å². The first-order valence-corrected chi connectivity index (χ1v) is 8.39. The van der Waals surface area contributed by atoms with Gasteiger partial charge in [-0.05, 0) is 18.2 Å². The van der Waals surface area contributed by atoms with Crippen LogP contribution in [-0.4, -0.2) is 24.5 Å². The molecule has 1 heterocycles.